The first-order valence-corrected chi connectivity index (χ1v) is 7.51. The minimum absolute atomic E-state index is 0.128. The van der Waals surface area contributed by atoms with Crippen LogP contribution in [0.2, 0.25) is 0 Å². The molecule has 6 nitrogen and oxygen atoms in total. The zero-order valence-electron chi connectivity index (χ0n) is 12.9. The molecular formula is C17H17NO5. The SMILES string of the molecule is COC(=O)[C@@H]1[C@@H]2C=C[C@@]3(CN(c4ccccc4OC)C(=O)[C@@H]13)O2. The number of nitrogens with zero attached hydrogens (tertiary/aromatic N) is 1. The zero-order valence-corrected chi connectivity index (χ0v) is 12.9. The molecule has 0 N–H and O–H groups in total. The number of methoxy groups -OCH3 is 2. The van der Waals surface area contributed by atoms with Gasteiger partial charge in [-0.05, 0) is 12.1 Å². The van der Waals surface area contributed by atoms with E-state index in [-0.39, 0.29) is 12.0 Å². The summed E-state index contributed by atoms with van der Waals surface area (Å²) in [5, 5.41) is 0. The van der Waals surface area contributed by atoms with Gasteiger partial charge in [-0.1, -0.05) is 24.3 Å². The van der Waals surface area contributed by atoms with Crippen molar-refractivity contribution in [2.45, 2.75) is 11.7 Å². The van der Waals surface area contributed by atoms with Gasteiger partial charge in [0.05, 0.1) is 38.5 Å². The first-order chi connectivity index (χ1) is 11.1. The number of esters is 1. The summed E-state index contributed by atoms with van der Waals surface area (Å²) in [5.41, 5.74) is -0.0607. The smallest absolute Gasteiger partial charge is 0.312 e. The minimum atomic E-state index is -0.749. The average molecular weight is 315 g/mol. The van der Waals surface area contributed by atoms with Gasteiger partial charge in [0.25, 0.3) is 0 Å². The van der Waals surface area contributed by atoms with Crippen LogP contribution in [-0.4, -0.2) is 44.3 Å². The monoisotopic (exact) mass is 315 g/mol. The summed E-state index contributed by atoms with van der Waals surface area (Å²) in [7, 11) is 2.90. The maximum absolute atomic E-state index is 13.0. The third-order valence-electron chi connectivity index (χ3n) is 4.95. The van der Waals surface area contributed by atoms with Crippen molar-refractivity contribution < 1.29 is 23.8 Å². The van der Waals surface area contributed by atoms with Crippen LogP contribution in [0.25, 0.3) is 0 Å². The van der Waals surface area contributed by atoms with Crippen LogP contribution in [0.3, 0.4) is 0 Å². The molecule has 4 rings (SSSR count). The number of rotatable bonds is 3. The predicted molar refractivity (Wildman–Crippen MR) is 81.1 cm³/mol. The molecule has 3 aliphatic rings. The van der Waals surface area contributed by atoms with Crippen LogP contribution in [-0.2, 0) is 19.1 Å². The predicted octanol–water partition coefficient (Wildman–Crippen LogP) is 1.15. The fourth-order valence-electron chi connectivity index (χ4n) is 3.96. The molecule has 0 unspecified atom stereocenters. The molecule has 23 heavy (non-hydrogen) atoms. The number of carbonyl (C=O) groups excluding carboxylic acids is 2. The number of hydrogen-bond donors (Lipinski definition) is 0. The lowest BCUT2D eigenvalue weighted by atomic mass is 9.77. The van der Waals surface area contributed by atoms with E-state index in [0.29, 0.717) is 18.0 Å². The molecule has 3 heterocycles. The molecule has 1 amide bonds. The van der Waals surface area contributed by atoms with E-state index < -0.39 is 23.4 Å². The maximum atomic E-state index is 13.0. The molecule has 1 aromatic carbocycles. The first-order valence-electron chi connectivity index (χ1n) is 7.51. The van der Waals surface area contributed by atoms with Crippen LogP contribution in [0.1, 0.15) is 0 Å². The second-order valence-corrected chi connectivity index (χ2v) is 6.02. The Kier molecular flexibility index (Phi) is 2.99. The molecule has 120 valence electrons. The normalized spacial score (nSPS) is 33.9. The van der Waals surface area contributed by atoms with E-state index in [9.17, 15) is 9.59 Å². The van der Waals surface area contributed by atoms with Crippen LogP contribution >= 0.6 is 0 Å². The number of anilines is 1. The second-order valence-electron chi connectivity index (χ2n) is 6.02. The summed E-state index contributed by atoms with van der Waals surface area (Å²) in [6.45, 7) is 0.372. The third kappa shape index (κ3) is 1.78. The van der Waals surface area contributed by atoms with Crippen molar-refractivity contribution in [3.63, 3.8) is 0 Å². The topological polar surface area (TPSA) is 65.1 Å². The fraction of sp³-hybridized carbons (Fsp3) is 0.412. The first kappa shape index (κ1) is 14.3. The third-order valence-corrected chi connectivity index (χ3v) is 4.95. The van der Waals surface area contributed by atoms with Crippen molar-refractivity contribution in [2.75, 3.05) is 25.7 Å². The summed E-state index contributed by atoms with van der Waals surface area (Å²) in [4.78, 5) is 26.8. The van der Waals surface area contributed by atoms with Crippen molar-refractivity contribution in [3.05, 3.63) is 36.4 Å². The van der Waals surface area contributed by atoms with Gasteiger partial charge in [-0.2, -0.15) is 0 Å². The largest absolute Gasteiger partial charge is 0.495 e. The highest BCUT2D eigenvalue weighted by molar-refractivity contribution is 6.03. The Morgan fingerprint density at radius 3 is 2.87 bits per heavy atom. The Hall–Kier alpha value is -2.34. The molecule has 4 atom stereocenters. The summed E-state index contributed by atoms with van der Waals surface area (Å²) in [6, 6.07) is 7.34. The van der Waals surface area contributed by atoms with E-state index >= 15 is 0 Å². The molecule has 3 aliphatic heterocycles. The standard InChI is InChI=1S/C17H17NO5/c1-21-11-6-4-3-5-10(11)18-9-17-8-7-12(23-17)13(16(20)22-2)14(17)15(18)19/h3-8,12-14H,9H2,1-2H3/t12-,13+,14+,17-/m0/s1. The summed E-state index contributed by atoms with van der Waals surface area (Å²) in [6.07, 6.45) is 3.39. The quantitative estimate of drug-likeness (QED) is 0.618. The van der Waals surface area contributed by atoms with E-state index in [1.54, 1.807) is 18.1 Å². The van der Waals surface area contributed by atoms with Gasteiger partial charge in [0.1, 0.15) is 17.3 Å². The molecule has 2 fully saturated rings. The Morgan fingerprint density at radius 1 is 1.35 bits per heavy atom. The number of fused-ring (bicyclic) bond motifs is 1. The van der Waals surface area contributed by atoms with E-state index in [2.05, 4.69) is 0 Å². The molecule has 1 spiro atoms. The second kappa shape index (κ2) is 4.83. The maximum Gasteiger partial charge on any atom is 0.312 e. The number of ether oxygens (including phenoxy) is 3. The molecular weight excluding hydrogens is 298 g/mol. The Balaban J connectivity index is 1.75. The molecule has 6 heteroatoms. The lowest BCUT2D eigenvalue weighted by Gasteiger charge is -2.22. The number of para-hydroxylation sites is 2. The van der Waals surface area contributed by atoms with E-state index in [1.165, 1.54) is 7.11 Å². The van der Waals surface area contributed by atoms with E-state index in [1.807, 2.05) is 30.4 Å². The number of hydrogen-bond acceptors (Lipinski definition) is 5. The summed E-state index contributed by atoms with van der Waals surface area (Å²) < 4.78 is 16.2. The van der Waals surface area contributed by atoms with Gasteiger partial charge in [-0.25, -0.2) is 0 Å². The Morgan fingerprint density at radius 2 is 2.13 bits per heavy atom. The van der Waals surface area contributed by atoms with Gasteiger partial charge in [-0.15, -0.1) is 0 Å². The highest BCUT2D eigenvalue weighted by Gasteiger charge is 2.67. The molecule has 0 saturated carbocycles. The Bertz CT molecular complexity index is 715. The molecule has 0 aromatic heterocycles. The van der Waals surface area contributed by atoms with Gasteiger partial charge in [0.2, 0.25) is 5.91 Å². The van der Waals surface area contributed by atoms with Gasteiger partial charge in [0.15, 0.2) is 0 Å². The van der Waals surface area contributed by atoms with Crippen molar-refractivity contribution in [1.82, 2.24) is 0 Å². The number of benzene rings is 1. The van der Waals surface area contributed by atoms with Crippen LogP contribution in [0, 0.1) is 11.8 Å². The highest BCUT2D eigenvalue weighted by Crippen LogP contribution is 2.53. The Labute approximate surface area is 133 Å². The average Bonchev–Trinajstić information content (AvgIpc) is 3.22. The molecule has 0 aliphatic carbocycles. The van der Waals surface area contributed by atoms with Crippen LogP contribution < -0.4 is 9.64 Å². The number of carbonyl (C=O) groups is 2. The minimum Gasteiger partial charge on any atom is -0.495 e. The molecule has 1 aromatic rings. The van der Waals surface area contributed by atoms with E-state index in [0.717, 1.165) is 0 Å². The van der Waals surface area contributed by atoms with Crippen molar-refractivity contribution >= 4 is 17.6 Å². The lowest BCUT2D eigenvalue weighted by Crippen LogP contribution is -2.39. The van der Waals surface area contributed by atoms with Crippen LogP contribution in [0.4, 0.5) is 5.69 Å². The lowest BCUT2D eigenvalue weighted by molar-refractivity contribution is -0.149. The summed E-state index contributed by atoms with van der Waals surface area (Å²) >= 11 is 0. The fourth-order valence-corrected chi connectivity index (χ4v) is 3.96. The highest BCUT2D eigenvalue weighted by atomic mass is 16.5. The molecule has 0 radical (unpaired) electrons. The van der Waals surface area contributed by atoms with Crippen LogP contribution in [0.15, 0.2) is 36.4 Å². The summed E-state index contributed by atoms with van der Waals surface area (Å²) in [5.74, 6) is -1.05. The molecule has 2 bridgehead atoms. The van der Waals surface area contributed by atoms with E-state index in [4.69, 9.17) is 14.2 Å². The zero-order chi connectivity index (χ0) is 16.2. The van der Waals surface area contributed by atoms with Crippen LogP contribution in [0.5, 0.6) is 5.75 Å². The number of amides is 1. The van der Waals surface area contributed by atoms with Crippen molar-refractivity contribution in [2.24, 2.45) is 11.8 Å². The van der Waals surface area contributed by atoms with Crippen molar-refractivity contribution in [3.8, 4) is 5.75 Å². The van der Waals surface area contributed by atoms with Gasteiger partial charge >= 0.3 is 5.97 Å². The van der Waals surface area contributed by atoms with Gasteiger partial charge in [-0.3, -0.25) is 9.59 Å². The molecule has 2 saturated heterocycles. The van der Waals surface area contributed by atoms with Gasteiger partial charge in [0, 0.05) is 0 Å². The van der Waals surface area contributed by atoms with Crippen molar-refractivity contribution in [1.29, 1.82) is 0 Å². The van der Waals surface area contributed by atoms with Gasteiger partial charge < -0.3 is 19.1 Å².